The molecule has 100 valence electrons. The van der Waals surface area contributed by atoms with E-state index in [0.717, 1.165) is 25.9 Å². The summed E-state index contributed by atoms with van der Waals surface area (Å²) in [5.74, 6) is 0.246. The van der Waals surface area contributed by atoms with E-state index in [9.17, 15) is 4.79 Å². The van der Waals surface area contributed by atoms with Crippen molar-refractivity contribution in [3.8, 4) is 0 Å². The average Bonchev–Trinajstić information content (AvgIpc) is 2.57. The van der Waals surface area contributed by atoms with E-state index < -0.39 is 0 Å². The molecule has 2 N–H and O–H groups in total. The van der Waals surface area contributed by atoms with Gasteiger partial charge in [0.1, 0.15) is 0 Å². The van der Waals surface area contributed by atoms with Crippen molar-refractivity contribution >= 4 is 5.91 Å². The number of nitrogens with two attached hydrogens (primary N) is 1. The lowest BCUT2D eigenvalue weighted by atomic mass is 10.0. The third-order valence-electron chi connectivity index (χ3n) is 3.86. The summed E-state index contributed by atoms with van der Waals surface area (Å²) in [6.07, 6.45) is 4.81. The van der Waals surface area contributed by atoms with E-state index in [-0.39, 0.29) is 11.4 Å². The minimum atomic E-state index is -0.110. The van der Waals surface area contributed by atoms with Gasteiger partial charge in [0.25, 0.3) is 0 Å². The maximum absolute atomic E-state index is 12.2. The van der Waals surface area contributed by atoms with E-state index in [1.807, 2.05) is 11.9 Å². The topological polar surface area (TPSA) is 49.6 Å². The monoisotopic (exact) mass is 241 g/mol. The van der Waals surface area contributed by atoms with E-state index >= 15 is 0 Å². The fraction of sp³-hybridized carbons (Fsp3) is 0.923. The third-order valence-corrected chi connectivity index (χ3v) is 3.86. The summed E-state index contributed by atoms with van der Waals surface area (Å²) in [6, 6.07) is 0. The standard InChI is InChI=1S/C13H27N3O/c1-13(2,11-14)15(3)10-12(17)16-8-6-4-5-7-9-16/h4-11,14H2,1-3H3. The van der Waals surface area contributed by atoms with Gasteiger partial charge in [0, 0.05) is 25.2 Å². The first-order valence-electron chi connectivity index (χ1n) is 6.66. The van der Waals surface area contributed by atoms with Gasteiger partial charge >= 0.3 is 0 Å². The highest BCUT2D eigenvalue weighted by Crippen LogP contribution is 2.13. The van der Waals surface area contributed by atoms with Gasteiger partial charge in [-0.3, -0.25) is 9.69 Å². The third kappa shape index (κ3) is 4.28. The second-order valence-electron chi connectivity index (χ2n) is 5.67. The Balaban J connectivity index is 2.47. The van der Waals surface area contributed by atoms with Crippen LogP contribution in [0.4, 0.5) is 0 Å². The molecule has 0 saturated carbocycles. The molecule has 1 heterocycles. The van der Waals surface area contributed by atoms with Gasteiger partial charge in [-0.15, -0.1) is 0 Å². The largest absolute Gasteiger partial charge is 0.342 e. The molecule has 0 radical (unpaired) electrons. The van der Waals surface area contributed by atoms with Gasteiger partial charge in [-0.05, 0) is 33.7 Å². The molecule has 17 heavy (non-hydrogen) atoms. The Labute approximate surface area is 105 Å². The molecule has 0 atom stereocenters. The van der Waals surface area contributed by atoms with E-state index in [1.165, 1.54) is 12.8 Å². The lowest BCUT2D eigenvalue weighted by molar-refractivity contribution is -0.133. The van der Waals surface area contributed by atoms with Crippen LogP contribution in [-0.4, -0.2) is 54.5 Å². The van der Waals surface area contributed by atoms with Crippen LogP contribution >= 0.6 is 0 Å². The molecule has 0 aromatic heterocycles. The summed E-state index contributed by atoms with van der Waals surface area (Å²) >= 11 is 0. The number of amides is 1. The van der Waals surface area contributed by atoms with Crippen LogP contribution in [0, 0.1) is 0 Å². The van der Waals surface area contributed by atoms with Crippen molar-refractivity contribution in [3.63, 3.8) is 0 Å². The zero-order valence-electron chi connectivity index (χ0n) is 11.5. The number of nitrogens with zero attached hydrogens (tertiary/aromatic N) is 2. The fourth-order valence-electron chi connectivity index (χ4n) is 1.99. The molecule has 1 rings (SSSR count). The summed E-state index contributed by atoms with van der Waals surface area (Å²) in [5, 5.41) is 0. The molecule has 0 aromatic carbocycles. The van der Waals surface area contributed by atoms with Crippen LogP contribution in [0.1, 0.15) is 39.5 Å². The summed E-state index contributed by atoms with van der Waals surface area (Å²) in [7, 11) is 1.97. The molecule has 0 aromatic rings. The molecule has 0 spiro atoms. The first-order valence-corrected chi connectivity index (χ1v) is 6.66. The van der Waals surface area contributed by atoms with Crippen LogP contribution in [0.25, 0.3) is 0 Å². The van der Waals surface area contributed by atoms with Crippen molar-refractivity contribution in [3.05, 3.63) is 0 Å². The van der Waals surface area contributed by atoms with Gasteiger partial charge in [0.05, 0.1) is 6.54 Å². The van der Waals surface area contributed by atoms with E-state index in [4.69, 9.17) is 5.73 Å². The normalized spacial score (nSPS) is 18.3. The number of hydrogen-bond acceptors (Lipinski definition) is 3. The molecule has 4 nitrogen and oxygen atoms in total. The first kappa shape index (κ1) is 14.5. The van der Waals surface area contributed by atoms with Crippen LogP contribution in [0.5, 0.6) is 0 Å². The number of rotatable bonds is 4. The van der Waals surface area contributed by atoms with Gasteiger partial charge in [0.15, 0.2) is 0 Å². The number of carbonyl (C=O) groups is 1. The molecule has 0 unspecified atom stereocenters. The van der Waals surface area contributed by atoms with Crippen molar-refractivity contribution in [2.75, 3.05) is 33.2 Å². The lowest BCUT2D eigenvalue weighted by Gasteiger charge is -2.35. The Kier molecular flexibility index (Phi) is 5.40. The molecule has 1 amide bonds. The molecular formula is C13H27N3O. The van der Waals surface area contributed by atoms with Crippen molar-refractivity contribution in [1.82, 2.24) is 9.80 Å². The van der Waals surface area contributed by atoms with Crippen molar-refractivity contribution in [1.29, 1.82) is 0 Å². The Bertz CT molecular complexity index is 245. The Morgan fingerprint density at radius 1 is 1.24 bits per heavy atom. The van der Waals surface area contributed by atoms with Crippen LogP contribution in [0.2, 0.25) is 0 Å². The predicted octanol–water partition coefficient (Wildman–Crippen LogP) is 1.06. The van der Waals surface area contributed by atoms with Gasteiger partial charge in [-0.1, -0.05) is 12.8 Å². The molecule has 1 saturated heterocycles. The highest BCUT2D eigenvalue weighted by molar-refractivity contribution is 5.78. The van der Waals surface area contributed by atoms with E-state index in [0.29, 0.717) is 13.1 Å². The van der Waals surface area contributed by atoms with Crippen LogP contribution in [-0.2, 0) is 4.79 Å². The molecule has 0 aliphatic carbocycles. The maximum Gasteiger partial charge on any atom is 0.236 e. The smallest absolute Gasteiger partial charge is 0.236 e. The summed E-state index contributed by atoms with van der Waals surface area (Å²) < 4.78 is 0. The van der Waals surface area contributed by atoms with Gasteiger partial charge in [-0.2, -0.15) is 0 Å². The van der Waals surface area contributed by atoms with Crippen molar-refractivity contribution in [2.24, 2.45) is 5.73 Å². The van der Waals surface area contributed by atoms with Gasteiger partial charge in [-0.25, -0.2) is 0 Å². The Morgan fingerprint density at radius 2 is 1.76 bits per heavy atom. The minimum absolute atomic E-state index is 0.110. The molecule has 1 fully saturated rings. The first-order chi connectivity index (χ1) is 7.97. The van der Waals surface area contributed by atoms with Crippen molar-refractivity contribution in [2.45, 2.75) is 45.1 Å². The summed E-state index contributed by atoms with van der Waals surface area (Å²) in [5.41, 5.74) is 5.61. The van der Waals surface area contributed by atoms with Crippen LogP contribution in [0.15, 0.2) is 0 Å². The maximum atomic E-state index is 12.2. The number of carbonyl (C=O) groups excluding carboxylic acids is 1. The Hall–Kier alpha value is -0.610. The Morgan fingerprint density at radius 3 is 2.24 bits per heavy atom. The minimum Gasteiger partial charge on any atom is -0.342 e. The van der Waals surface area contributed by atoms with Crippen LogP contribution in [0.3, 0.4) is 0 Å². The zero-order chi connectivity index (χ0) is 12.9. The molecule has 1 aliphatic heterocycles. The molecule has 1 aliphatic rings. The van der Waals surface area contributed by atoms with Gasteiger partial charge in [0.2, 0.25) is 5.91 Å². The summed E-state index contributed by atoms with van der Waals surface area (Å²) in [6.45, 7) is 7.04. The predicted molar refractivity (Wildman–Crippen MR) is 70.8 cm³/mol. The fourth-order valence-corrected chi connectivity index (χ4v) is 1.99. The highest BCUT2D eigenvalue weighted by atomic mass is 16.2. The molecule has 0 bridgehead atoms. The zero-order valence-corrected chi connectivity index (χ0v) is 11.5. The van der Waals surface area contributed by atoms with Crippen LogP contribution < -0.4 is 5.73 Å². The van der Waals surface area contributed by atoms with Gasteiger partial charge < -0.3 is 10.6 Å². The van der Waals surface area contributed by atoms with Crippen molar-refractivity contribution < 1.29 is 4.79 Å². The highest BCUT2D eigenvalue weighted by Gasteiger charge is 2.25. The molecule has 4 heteroatoms. The number of likely N-dealkylation sites (N-methyl/N-ethyl adjacent to an activating group) is 1. The van der Waals surface area contributed by atoms with E-state index in [2.05, 4.69) is 18.7 Å². The second-order valence-corrected chi connectivity index (χ2v) is 5.67. The number of hydrogen-bond donors (Lipinski definition) is 1. The summed E-state index contributed by atoms with van der Waals surface area (Å²) in [4.78, 5) is 16.2. The quantitative estimate of drug-likeness (QED) is 0.800. The molecular weight excluding hydrogens is 214 g/mol. The second kappa shape index (κ2) is 6.36. The lowest BCUT2D eigenvalue weighted by Crippen LogP contribution is -2.51. The average molecular weight is 241 g/mol. The number of likely N-dealkylation sites (tertiary alicyclic amines) is 1. The van der Waals surface area contributed by atoms with E-state index in [1.54, 1.807) is 0 Å². The SMILES string of the molecule is CN(CC(=O)N1CCCCCC1)C(C)(C)CN.